The molecule has 0 fully saturated rings. The molecule has 2 aromatic carbocycles. The summed E-state index contributed by atoms with van der Waals surface area (Å²) in [5.74, 6) is -0.146. The Balaban J connectivity index is 2.15. The number of carboxylic acid groups (broad SMARTS) is 1. The van der Waals surface area contributed by atoms with Crippen LogP contribution < -0.4 is 19.5 Å². The van der Waals surface area contributed by atoms with Crippen molar-refractivity contribution in [2.24, 2.45) is 0 Å². The molecule has 0 aliphatic heterocycles. The van der Waals surface area contributed by atoms with Crippen LogP contribution in [-0.4, -0.2) is 37.8 Å². The standard InChI is InChI=1S/C17H17NO6/c1-22-12-6-7-14(15(9-12)23-2)17(21)18-11-4-3-5-13(8-11)24-10-16(19)20/h3-9H,10H2,1-2H3,(H,18,21)(H,19,20). The molecule has 24 heavy (non-hydrogen) atoms. The van der Waals surface area contributed by atoms with Crippen molar-refractivity contribution in [3.8, 4) is 17.2 Å². The maximum atomic E-state index is 12.4. The van der Waals surface area contributed by atoms with Gasteiger partial charge in [-0.1, -0.05) is 6.07 Å². The van der Waals surface area contributed by atoms with E-state index in [0.717, 1.165) is 0 Å². The van der Waals surface area contributed by atoms with Crippen LogP contribution in [0.25, 0.3) is 0 Å². The number of amides is 1. The molecule has 7 heteroatoms. The summed E-state index contributed by atoms with van der Waals surface area (Å²) < 4.78 is 15.4. The van der Waals surface area contributed by atoms with Gasteiger partial charge in [-0.15, -0.1) is 0 Å². The maximum absolute atomic E-state index is 12.4. The number of hydrogen-bond acceptors (Lipinski definition) is 5. The summed E-state index contributed by atoms with van der Waals surface area (Å²) in [5, 5.41) is 11.3. The lowest BCUT2D eigenvalue weighted by atomic mass is 10.1. The Morgan fingerprint density at radius 1 is 1.04 bits per heavy atom. The minimum atomic E-state index is -1.08. The van der Waals surface area contributed by atoms with Crippen molar-refractivity contribution < 1.29 is 28.9 Å². The molecule has 2 rings (SSSR count). The van der Waals surface area contributed by atoms with Crippen LogP contribution in [0.1, 0.15) is 10.4 Å². The smallest absolute Gasteiger partial charge is 0.341 e. The third kappa shape index (κ3) is 4.39. The van der Waals surface area contributed by atoms with Crippen LogP contribution in [0.15, 0.2) is 42.5 Å². The Hall–Kier alpha value is -3.22. The monoisotopic (exact) mass is 331 g/mol. The Morgan fingerprint density at radius 3 is 2.50 bits per heavy atom. The van der Waals surface area contributed by atoms with E-state index in [1.54, 1.807) is 36.4 Å². The first-order valence-corrected chi connectivity index (χ1v) is 7.01. The fourth-order valence-electron chi connectivity index (χ4n) is 1.99. The molecule has 0 bridgehead atoms. The Morgan fingerprint density at radius 2 is 1.83 bits per heavy atom. The number of ether oxygens (including phenoxy) is 3. The van der Waals surface area contributed by atoms with Crippen LogP contribution in [0.4, 0.5) is 5.69 Å². The van der Waals surface area contributed by atoms with E-state index in [0.29, 0.717) is 28.5 Å². The molecule has 7 nitrogen and oxygen atoms in total. The van der Waals surface area contributed by atoms with Gasteiger partial charge in [0.2, 0.25) is 0 Å². The van der Waals surface area contributed by atoms with Gasteiger partial charge >= 0.3 is 5.97 Å². The summed E-state index contributed by atoms with van der Waals surface area (Å²) in [5.41, 5.74) is 0.816. The third-order valence-corrected chi connectivity index (χ3v) is 3.11. The predicted octanol–water partition coefficient (Wildman–Crippen LogP) is 2.42. The Kier molecular flexibility index (Phi) is 5.62. The van der Waals surface area contributed by atoms with Gasteiger partial charge in [0.1, 0.15) is 17.2 Å². The highest BCUT2D eigenvalue weighted by molar-refractivity contribution is 6.06. The molecular weight excluding hydrogens is 314 g/mol. The van der Waals surface area contributed by atoms with Gasteiger partial charge in [-0.2, -0.15) is 0 Å². The predicted molar refractivity (Wildman–Crippen MR) is 87.1 cm³/mol. The van der Waals surface area contributed by atoms with Crippen LogP contribution in [0.3, 0.4) is 0 Å². The molecule has 0 unspecified atom stereocenters. The van der Waals surface area contributed by atoms with Crippen molar-refractivity contribution in [2.45, 2.75) is 0 Å². The van der Waals surface area contributed by atoms with Crippen LogP contribution >= 0.6 is 0 Å². The zero-order valence-electron chi connectivity index (χ0n) is 13.2. The molecule has 0 aliphatic carbocycles. The number of methoxy groups -OCH3 is 2. The number of nitrogens with one attached hydrogen (secondary N) is 1. The van der Waals surface area contributed by atoms with Crippen molar-refractivity contribution in [3.05, 3.63) is 48.0 Å². The minimum Gasteiger partial charge on any atom is -0.497 e. The molecule has 0 aromatic heterocycles. The van der Waals surface area contributed by atoms with E-state index in [2.05, 4.69) is 5.32 Å². The van der Waals surface area contributed by atoms with Gasteiger partial charge in [-0.25, -0.2) is 4.79 Å². The average molecular weight is 331 g/mol. The molecule has 0 heterocycles. The van der Waals surface area contributed by atoms with Crippen molar-refractivity contribution in [1.82, 2.24) is 0 Å². The fraction of sp³-hybridized carbons (Fsp3) is 0.176. The molecule has 2 N–H and O–H groups in total. The van der Waals surface area contributed by atoms with Crippen LogP contribution in [-0.2, 0) is 4.79 Å². The second-order valence-corrected chi connectivity index (χ2v) is 4.73. The lowest BCUT2D eigenvalue weighted by Crippen LogP contribution is -2.14. The van der Waals surface area contributed by atoms with E-state index < -0.39 is 12.6 Å². The molecule has 0 spiro atoms. The minimum absolute atomic E-state index is 0.343. The molecule has 126 valence electrons. The van der Waals surface area contributed by atoms with E-state index in [1.807, 2.05) is 0 Å². The zero-order chi connectivity index (χ0) is 17.5. The number of carboxylic acids is 1. The van der Waals surface area contributed by atoms with Crippen molar-refractivity contribution in [2.75, 3.05) is 26.1 Å². The van der Waals surface area contributed by atoms with Gasteiger partial charge in [0, 0.05) is 17.8 Å². The van der Waals surface area contributed by atoms with Crippen LogP contribution in [0.5, 0.6) is 17.2 Å². The van der Waals surface area contributed by atoms with Gasteiger partial charge in [0.15, 0.2) is 6.61 Å². The van der Waals surface area contributed by atoms with Gasteiger partial charge < -0.3 is 24.6 Å². The van der Waals surface area contributed by atoms with E-state index in [1.165, 1.54) is 20.3 Å². The molecular formula is C17H17NO6. The van der Waals surface area contributed by atoms with Gasteiger partial charge in [0.05, 0.1) is 19.8 Å². The number of aliphatic carboxylic acids is 1. The SMILES string of the molecule is COc1ccc(C(=O)Nc2cccc(OCC(=O)O)c2)c(OC)c1. The maximum Gasteiger partial charge on any atom is 0.341 e. The molecule has 0 radical (unpaired) electrons. The summed E-state index contributed by atoms with van der Waals surface area (Å²) in [4.78, 5) is 22.9. The number of hydrogen-bond donors (Lipinski definition) is 2. The van der Waals surface area contributed by atoms with Crippen molar-refractivity contribution in [1.29, 1.82) is 0 Å². The first-order valence-electron chi connectivity index (χ1n) is 7.01. The van der Waals surface area contributed by atoms with Crippen LogP contribution in [0, 0.1) is 0 Å². The zero-order valence-corrected chi connectivity index (χ0v) is 13.2. The number of carbonyl (C=O) groups is 2. The van der Waals surface area contributed by atoms with E-state index >= 15 is 0 Å². The summed E-state index contributed by atoms with van der Waals surface area (Å²) >= 11 is 0. The molecule has 2 aromatic rings. The quantitative estimate of drug-likeness (QED) is 0.809. The van der Waals surface area contributed by atoms with Crippen LogP contribution in [0.2, 0.25) is 0 Å². The molecule has 0 saturated carbocycles. The van der Waals surface area contributed by atoms with E-state index in [9.17, 15) is 9.59 Å². The van der Waals surface area contributed by atoms with Crippen molar-refractivity contribution >= 4 is 17.6 Å². The molecule has 0 saturated heterocycles. The number of benzene rings is 2. The lowest BCUT2D eigenvalue weighted by molar-refractivity contribution is -0.139. The lowest BCUT2D eigenvalue weighted by Gasteiger charge is -2.11. The number of carbonyl (C=O) groups excluding carboxylic acids is 1. The fourth-order valence-corrected chi connectivity index (χ4v) is 1.99. The normalized spacial score (nSPS) is 9.92. The highest BCUT2D eigenvalue weighted by Crippen LogP contribution is 2.26. The first kappa shape index (κ1) is 17.1. The highest BCUT2D eigenvalue weighted by Gasteiger charge is 2.14. The molecule has 0 atom stereocenters. The summed E-state index contributed by atoms with van der Waals surface area (Å²) in [6.45, 7) is -0.455. The highest BCUT2D eigenvalue weighted by atomic mass is 16.5. The summed E-state index contributed by atoms with van der Waals surface area (Å²) in [7, 11) is 2.99. The number of anilines is 1. The largest absolute Gasteiger partial charge is 0.497 e. The second-order valence-electron chi connectivity index (χ2n) is 4.73. The average Bonchev–Trinajstić information content (AvgIpc) is 2.59. The Bertz CT molecular complexity index is 744. The van der Waals surface area contributed by atoms with Gasteiger partial charge in [-0.3, -0.25) is 4.79 Å². The topological polar surface area (TPSA) is 94.1 Å². The van der Waals surface area contributed by atoms with Gasteiger partial charge in [0.25, 0.3) is 5.91 Å². The molecule has 0 aliphatic rings. The van der Waals surface area contributed by atoms with E-state index in [-0.39, 0.29) is 5.91 Å². The number of rotatable bonds is 7. The van der Waals surface area contributed by atoms with E-state index in [4.69, 9.17) is 19.3 Å². The Labute approximate surface area is 138 Å². The molecule has 1 amide bonds. The summed E-state index contributed by atoms with van der Waals surface area (Å²) in [6.07, 6.45) is 0. The summed E-state index contributed by atoms with van der Waals surface area (Å²) in [6, 6.07) is 11.3. The third-order valence-electron chi connectivity index (χ3n) is 3.11. The second kappa shape index (κ2) is 7.87. The van der Waals surface area contributed by atoms with Gasteiger partial charge in [-0.05, 0) is 24.3 Å². The van der Waals surface area contributed by atoms with Crippen molar-refractivity contribution in [3.63, 3.8) is 0 Å². The first-order chi connectivity index (χ1) is 11.5.